The summed E-state index contributed by atoms with van der Waals surface area (Å²) in [5, 5.41) is 14.1. The van der Waals surface area contributed by atoms with E-state index in [1.165, 1.54) is 5.56 Å². The Morgan fingerprint density at radius 3 is 2.76 bits per heavy atom. The van der Waals surface area contributed by atoms with Crippen molar-refractivity contribution in [3.05, 3.63) is 65.1 Å². The molecule has 1 aliphatic rings. The first-order valence-corrected chi connectivity index (χ1v) is 10.6. The van der Waals surface area contributed by atoms with Gasteiger partial charge >= 0.3 is 6.03 Å². The average molecular weight is 410 g/mol. The first-order valence-electron chi connectivity index (χ1n) is 9.61. The number of thiophene rings is 1. The molecule has 3 amide bonds. The summed E-state index contributed by atoms with van der Waals surface area (Å²) in [6.45, 7) is 2.52. The van der Waals surface area contributed by atoms with E-state index in [1.807, 2.05) is 22.4 Å². The van der Waals surface area contributed by atoms with Crippen LogP contribution in [0, 0.1) is 0 Å². The Bertz CT molecular complexity index is 971. The Morgan fingerprint density at radius 2 is 2.03 bits per heavy atom. The van der Waals surface area contributed by atoms with E-state index in [4.69, 9.17) is 0 Å². The fourth-order valence-electron chi connectivity index (χ4n) is 3.57. The van der Waals surface area contributed by atoms with E-state index < -0.39 is 6.04 Å². The van der Waals surface area contributed by atoms with Gasteiger partial charge in [-0.05, 0) is 66.4 Å². The molecule has 0 saturated carbocycles. The van der Waals surface area contributed by atoms with Crippen molar-refractivity contribution in [3.63, 3.8) is 0 Å². The highest BCUT2D eigenvalue weighted by molar-refractivity contribution is 7.08. The maximum absolute atomic E-state index is 12.8. The van der Waals surface area contributed by atoms with Crippen molar-refractivity contribution in [2.75, 3.05) is 17.2 Å². The molecule has 1 fully saturated rings. The topological polar surface area (TPSA) is 79.3 Å². The van der Waals surface area contributed by atoms with E-state index >= 15 is 0 Å². The molecule has 150 valence electrons. The van der Waals surface area contributed by atoms with Gasteiger partial charge in [0.25, 0.3) is 0 Å². The minimum atomic E-state index is -0.431. The average Bonchev–Trinajstić information content (AvgIpc) is 3.49. The first kappa shape index (κ1) is 19.2. The third-order valence-corrected chi connectivity index (χ3v) is 5.83. The summed E-state index contributed by atoms with van der Waals surface area (Å²) in [6.07, 6.45) is 5.36. The maximum atomic E-state index is 12.8. The quantitative estimate of drug-likeness (QED) is 0.651. The van der Waals surface area contributed by atoms with Gasteiger partial charge in [-0.3, -0.25) is 9.48 Å². The summed E-state index contributed by atoms with van der Waals surface area (Å²) in [5.41, 5.74) is 2.47. The van der Waals surface area contributed by atoms with E-state index in [1.54, 1.807) is 53.5 Å². The summed E-state index contributed by atoms with van der Waals surface area (Å²) in [6, 6.07) is 10.6. The standard InChI is InChI=1S/C21H23N5O2S/c1-15(26-11-4-9-22-26)20(27)23-17-5-2-6-18(13-17)24-21(28)25-10-3-7-19(25)16-8-12-29-14-16/h2,4-6,8-9,11-15,19H,3,7,10H2,1H3,(H,23,27)(H,24,28)/t15-,19-/m0/s1. The number of carbonyl (C=O) groups excluding carboxylic acids is 2. The number of hydrogen-bond donors (Lipinski definition) is 2. The monoisotopic (exact) mass is 409 g/mol. The van der Waals surface area contributed by atoms with Crippen molar-refractivity contribution in [2.45, 2.75) is 31.8 Å². The van der Waals surface area contributed by atoms with Crippen LogP contribution in [0.5, 0.6) is 0 Å². The van der Waals surface area contributed by atoms with Gasteiger partial charge in [-0.25, -0.2) is 4.79 Å². The van der Waals surface area contributed by atoms with Crippen molar-refractivity contribution in [1.29, 1.82) is 0 Å². The van der Waals surface area contributed by atoms with Gasteiger partial charge in [0.2, 0.25) is 5.91 Å². The van der Waals surface area contributed by atoms with Gasteiger partial charge in [-0.2, -0.15) is 16.4 Å². The molecule has 2 N–H and O–H groups in total. The Labute approximate surface area is 173 Å². The molecule has 0 unspecified atom stereocenters. The SMILES string of the molecule is C[C@@H](C(=O)Nc1cccc(NC(=O)N2CCC[C@H]2c2ccsc2)c1)n1cccn1. The van der Waals surface area contributed by atoms with Crippen molar-refractivity contribution in [1.82, 2.24) is 14.7 Å². The number of carbonyl (C=O) groups is 2. The molecular weight excluding hydrogens is 386 g/mol. The van der Waals surface area contributed by atoms with Crippen LogP contribution in [-0.2, 0) is 4.79 Å². The van der Waals surface area contributed by atoms with Crippen LogP contribution >= 0.6 is 11.3 Å². The number of nitrogens with one attached hydrogen (secondary N) is 2. The third-order valence-electron chi connectivity index (χ3n) is 5.12. The van der Waals surface area contributed by atoms with E-state index in [0.29, 0.717) is 11.4 Å². The Morgan fingerprint density at radius 1 is 1.21 bits per heavy atom. The number of rotatable bonds is 5. The Hall–Kier alpha value is -3.13. The molecule has 8 heteroatoms. The maximum Gasteiger partial charge on any atom is 0.322 e. The van der Waals surface area contributed by atoms with E-state index in [0.717, 1.165) is 19.4 Å². The summed E-state index contributed by atoms with van der Waals surface area (Å²) < 4.78 is 1.60. The first-order chi connectivity index (χ1) is 14.1. The number of urea groups is 1. The summed E-state index contributed by atoms with van der Waals surface area (Å²) in [7, 11) is 0. The predicted molar refractivity (Wildman–Crippen MR) is 114 cm³/mol. The van der Waals surface area contributed by atoms with Crippen LogP contribution in [0.2, 0.25) is 0 Å². The molecule has 3 heterocycles. The largest absolute Gasteiger partial charge is 0.324 e. The highest BCUT2D eigenvalue weighted by Crippen LogP contribution is 2.33. The number of aromatic nitrogens is 2. The summed E-state index contributed by atoms with van der Waals surface area (Å²) in [5.74, 6) is -0.172. The zero-order valence-electron chi connectivity index (χ0n) is 16.1. The minimum absolute atomic E-state index is 0.118. The lowest BCUT2D eigenvalue weighted by molar-refractivity contribution is -0.119. The highest BCUT2D eigenvalue weighted by Gasteiger charge is 2.30. The molecule has 0 spiro atoms. The molecule has 0 bridgehead atoms. The van der Waals surface area contributed by atoms with Gasteiger partial charge in [0.15, 0.2) is 0 Å². The molecule has 2 atom stereocenters. The summed E-state index contributed by atoms with van der Waals surface area (Å²) >= 11 is 1.65. The molecule has 7 nitrogen and oxygen atoms in total. The second kappa shape index (κ2) is 8.48. The van der Waals surface area contributed by atoms with Crippen LogP contribution in [0.25, 0.3) is 0 Å². The van der Waals surface area contributed by atoms with Crippen molar-refractivity contribution in [3.8, 4) is 0 Å². The normalized spacial score (nSPS) is 17.1. The Balaban J connectivity index is 1.41. The van der Waals surface area contributed by atoms with Crippen molar-refractivity contribution >= 4 is 34.6 Å². The zero-order valence-corrected chi connectivity index (χ0v) is 16.9. The molecule has 29 heavy (non-hydrogen) atoms. The lowest BCUT2D eigenvalue weighted by Crippen LogP contribution is -2.34. The van der Waals surface area contributed by atoms with Crippen LogP contribution < -0.4 is 10.6 Å². The predicted octanol–water partition coefficient (Wildman–Crippen LogP) is 4.51. The molecule has 1 aromatic carbocycles. The molecule has 0 aliphatic carbocycles. The van der Waals surface area contributed by atoms with Crippen LogP contribution in [0.1, 0.15) is 37.4 Å². The lowest BCUT2D eigenvalue weighted by atomic mass is 10.1. The molecule has 3 aromatic rings. The zero-order chi connectivity index (χ0) is 20.2. The Kier molecular flexibility index (Phi) is 5.62. The minimum Gasteiger partial charge on any atom is -0.324 e. The van der Waals surface area contributed by atoms with Crippen LogP contribution in [0.3, 0.4) is 0 Å². The van der Waals surface area contributed by atoms with Gasteiger partial charge < -0.3 is 15.5 Å². The fourth-order valence-corrected chi connectivity index (χ4v) is 4.27. The molecule has 0 radical (unpaired) electrons. The fraction of sp³-hybridized carbons (Fsp3) is 0.286. The van der Waals surface area contributed by atoms with E-state index in [9.17, 15) is 9.59 Å². The third kappa shape index (κ3) is 4.32. The van der Waals surface area contributed by atoms with Crippen molar-refractivity contribution in [2.24, 2.45) is 0 Å². The molecule has 2 aromatic heterocycles. The van der Waals surface area contributed by atoms with Gasteiger partial charge in [0, 0.05) is 30.3 Å². The number of hydrogen-bond acceptors (Lipinski definition) is 4. The lowest BCUT2D eigenvalue weighted by Gasteiger charge is -2.24. The number of amides is 3. The molecule has 4 rings (SSSR count). The highest BCUT2D eigenvalue weighted by atomic mass is 32.1. The van der Waals surface area contributed by atoms with Crippen LogP contribution in [0.4, 0.5) is 16.2 Å². The molecule has 1 aliphatic heterocycles. The second-order valence-corrected chi connectivity index (χ2v) is 7.85. The van der Waals surface area contributed by atoms with Crippen molar-refractivity contribution < 1.29 is 9.59 Å². The van der Waals surface area contributed by atoms with Gasteiger partial charge in [0.05, 0.1) is 6.04 Å². The van der Waals surface area contributed by atoms with Gasteiger partial charge in [0.1, 0.15) is 6.04 Å². The number of nitrogens with zero attached hydrogens (tertiary/aromatic N) is 3. The van der Waals surface area contributed by atoms with Gasteiger partial charge in [-0.1, -0.05) is 6.07 Å². The summed E-state index contributed by atoms with van der Waals surface area (Å²) in [4.78, 5) is 27.2. The van der Waals surface area contributed by atoms with Gasteiger partial charge in [-0.15, -0.1) is 0 Å². The number of anilines is 2. The molecule has 1 saturated heterocycles. The van der Waals surface area contributed by atoms with E-state index in [-0.39, 0.29) is 18.0 Å². The smallest absolute Gasteiger partial charge is 0.322 e. The van der Waals surface area contributed by atoms with Crippen LogP contribution in [0.15, 0.2) is 59.6 Å². The van der Waals surface area contributed by atoms with Crippen LogP contribution in [-0.4, -0.2) is 33.2 Å². The van der Waals surface area contributed by atoms with E-state index in [2.05, 4.69) is 27.2 Å². The number of likely N-dealkylation sites (tertiary alicyclic amines) is 1. The molecular formula is C21H23N5O2S. The number of benzene rings is 1. The second-order valence-electron chi connectivity index (χ2n) is 7.07.